The Labute approximate surface area is 118 Å². The summed E-state index contributed by atoms with van der Waals surface area (Å²) in [6, 6.07) is 3.78. The van der Waals surface area contributed by atoms with Gasteiger partial charge in [0.1, 0.15) is 23.4 Å². The van der Waals surface area contributed by atoms with E-state index in [4.69, 9.17) is 5.84 Å². The van der Waals surface area contributed by atoms with Crippen LogP contribution in [0, 0.1) is 10.1 Å². The number of nitrogens with zero attached hydrogens (tertiary/aromatic N) is 3. The first kappa shape index (κ1) is 14.4. The number of hydrogen-bond donors (Lipinski definition) is 4. The van der Waals surface area contributed by atoms with E-state index in [1.165, 1.54) is 24.5 Å². The Morgan fingerprint density at radius 1 is 1.52 bits per heavy atom. The van der Waals surface area contributed by atoms with Crippen LogP contribution in [0.4, 0.5) is 11.4 Å². The van der Waals surface area contributed by atoms with Crippen molar-refractivity contribution in [3.8, 4) is 0 Å². The summed E-state index contributed by atoms with van der Waals surface area (Å²) in [6.45, 7) is 1.68. The van der Waals surface area contributed by atoms with Crippen LogP contribution in [0.1, 0.15) is 29.1 Å². The van der Waals surface area contributed by atoms with E-state index in [0.29, 0.717) is 5.82 Å². The Morgan fingerprint density at radius 3 is 2.86 bits per heavy atom. The molecular weight excluding hydrogens is 278 g/mol. The van der Waals surface area contributed by atoms with Crippen LogP contribution in [0.3, 0.4) is 0 Å². The summed E-state index contributed by atoms with van der Waals surface area (Å²) >= 11 is 0. The molecule has 0 saturated carbocycles. The Bertz CT molecular complexity index is 656. The third kappa shape index (κ3) is 2.95. The highest BCUT2D eigenvalue weighted by molar-refractivity contribution is 6.00. The fourth-order valence-electron chi connectivity index (χ4n) is 1.81. The molecule has 2 aromatic rings. The number of rotatable bonds is 5. The number of nitrogens with two attached hydrogens (primary N) is 1. The van der Waals surface area contributed by atoms with Gasteiger partial charge in [-0.1, -0.05) is 6.07 Å². The van der Waals surface area contributed by atoms with Crippen LogP contribution >= 0.6 is 0 Å². The number of anilines is 1. The van der Waals surface area contributed by atoms with Gasteiger partial charge in [-0.15, -0.1) is 0 Å². The van der Waals surface area contributed by atoms with Gasteiger partial charge in [0.05, 0.1) is 11.0 Å². The normalized spacial score (nSPS) is 11.7. The van der Waals surface area contributed by atoms with Gasteiger partial charge in [-0.05, 0) is 19.1 Å². The molecule has 0 spiro atoms. The van der Waals surface area contributed by atoms with Gasteiger partial charge in [-0.3, -0.25) is 25.9 Å². The van der Waals surface area contributed by atoms with E-state index in [0.717, 1.165) is 0 Å². The van der Waals surface area contributed by atoms with E-state index >= 15 is 0 Å². The minimum absolute atomic E-state index is 0.0555. The highest BCUT2D eigenvalue weighted by Crippen LogP contribution is 2.28. The van der Waals surface area contributed by atoms with Crippen molar-refractivity contribution in [2.24, 2.45) is 5.84 Å². The lowest BCUT2D eigenvalue weighted by atomic mass is 10.1. The van der Waals surface area contributed by atoms with Gasteiger partial charge in [-0.25, -0.2) is 4.98 Å². The quantitative estimate of drug-likeness (QED) is 0.355. The zero-order chi connectivity index (χ0) is 15.4. The van der Waals surface area contributed by atoms with E-state index in [-0.39, 0.29) is 16.9 Å². The zero-order valence-electron chi connectivity index (χ0n) is 11.0. The number of nitrogens with one attached hydrogen (secondary N) is 3. The number of benzene rings is 1. The number of aromatic nitrogens is 3. The Kier molecular flexibility index (Phi) is 4.09. The van der Waals surface area contributed by atoms with Crippen molar-refractivity contribution in [1.29, 1.82) is 0 Å². The van der Waals surface area contributed by atoms with Gasteiger partial charge >= 0.3 is 5.69 Å². The average Bonchev–Trinajstić information content (AvgIpc) is 3.00. The molecule has 0 aliphatic heterocycles. The zero-order valence-corrected chi connectivity index (χ0v) is 11.0. The Hall–Kier alpha value is -3.01. The van der Waals surface area contributed by atoms with Gasteiger partial charge in [0.2, 0.25) is 0 Å². The maximum absolute atomic E-state index is 12.2. The number of aromatic amines is 1. The molecule has 1 atom stereocenters. The molecule has 1 aromatic carbocycles. The number of H-pyrrole nitrogens is 1. The lowest BCUT2D eigenvalue weighted by molar-refractivity contribution is -0.384. The number of carbonyl (C=O) groups is 1. The van der Waals surface area contributed by atoms with Crippen molar-refractivity contribution in [3.05, 3.63) is 46.0 Å². The molecule has 110 valence electrons. The molecule has 0 bridgehead atoms. The maximum atomic E-state index is 12.2. The van der Waals surface area contributed by atoms with Crippen LogP contribution in [-0.4, -0.2) is 26.0 Å². The summed E-state index contributed by atoms with van der Waals surface area (Å²) in [4.78, 5) is 26.6. The summed E-state index contributed by atoms with van der Waals surface area (Å²) in [5.74, 6) is 5.06. The molecule has 1 amide bonds. The largest absolute Gasteiger partial charge is 0.342 e. The van der Waals surface area contributed by atoms with Gasteiger partial charge in [-0.2, -0.15) is 5.10 Å². The lowest BCUT2D eigenvalue weighted by Gasteiger charge is -2.12. The predicted molar refractivity (Wildman–Crippen MR) is 73.2 cm³/mol. The summed E-state index contributed by atoms with van der Waals surface area (Å²) in [5.41, 5.74) is 1.78. The molecule has 21 heavy (non-hydrogen) atoms. The molecule has 1 heterocycles. The van der Waals surface area contributed by atoms with E-state index < -0.39 is 16.9 Å². The lowest BCUT2D eigenvalue weighted by Crippen LogP contribution is -2.28. The first-order valence-electron chi connectivity index (χ1n) is 5.94. The summed E-state index contributed by atoms with van der Waals surface area (Å²) < 4.78 is 0. The van der Waals surface area contributed by atoms with Gasteiger partial charge < -0.3 is 10.7 Å². The molecule has 0 fully saturated rings. The molecular formula is C11H13N7O3. The standard InChI is InChI=1S/C11H13N7O3/c1-6(10-13-5-14-17-10)15-11(19)7-3-2-4-8(16-12)9(7)18(20)21/h2-6,16H,12H2,1H3,(H,15,19)(H,13,14,17). The van der Waals surface area contributed by atoms with Crippen LogP contribution in [-0.2, 0) is 0 Å². The minimum atomic E-state index is -0.663. The molecule has 1 unspecified atom stereocenters. The molecule has 10 heteroatoms. The Balaban J connectivity index is 2.29. The monoisotopic (exact) mass is 291 g/mol. The van der Waals surface area contributed by atoms with Crippen molar-refractivity contribution in [2.45, 2.75) is 13.0 Å². The topological polar surface area (TPSA) is 152 Å². The molecule has 5 N–H and O–H groups in total. The number of nitro benzene ring substituents is 1. The van der Waals surface area contributed by atoms with Crippen molar-refractivity contribution >= 4 is 17.3 Å². The second kappa shape index (κ2) is 5.96. The number of para-hydroxylation sites is 1. The van der Waals surface area contributed by atoms with Crippen molar-refractivity contribution in [1.82, 2.24) is 20.5 Å². The molecule has 0 aliphatic carbocycles. The summed E-state index contributed by atoms with van der Waals surface area (Å²) in [5, 5.41) is 20.0. The Morgan fingerprint density at radius 2 is 2.29 bits per heavy atom. The number of carbonyl (C=O) groups excluding carboxylic acids is 1. The van der Waals surface area contributed by atoms with Gasteiger partial charge in [0.15, 0.2) is 0 Å². The van der Waals surface area contributed by atoms with E-state index in [9.17, 15) is 14.9 Å². The first-order valence-corrected chi connectivity index (χ1v) is 5.94. The molecule has 0 aliphatic rings. The third-order valence-corrected chi connectivity index (χ3v) is 2.81. The van der Waals surface area contributed by atoms with Crippen molar-refractivity contribution in [3.63, 3.8) is 0 Å². The van der Waals surface area contributed by atoms with E-state index in [1.54, 1.807) is 6.92 Å². The fraction of sp³-hybridized carbons (Fsp3) is 0.182. The summed E-state index contributed by atoms with van der Waals surface area (Å²) in [6.07, 6.45) is 1.30. The minimum Gasteiger partial charge on any atom is -0.342 e. The van der Waals surface area contributed by atoms with Gasteiger partial charge in [0.25, 0.3) is 5.91 Å². The average molecular weight is 291 g/mol. The SMILES string of the molecule is CC(NC(=O)c1cccc(NN)c1[N+](=O)[O-])c1ncn[nH]1. The van der Waals surface area contributed by atoms with Gasteiger partial charge in [0, 0.05) is 0 Å². The van der Waals surface area contributed by atoms with Crippen LogP contribution in [0.2, 0.25) is 0 Å². The molecule has 0 radical (unpaired) electrons. The van der Waals surface area contributed by atoms with E-state index in [1.807, 2.05) is 0 Å². The molecule has 2 rings (SSSR count). The predicted octanol–water partition coefficient (Wildman–Crippen LogP) is 0.489. The number of hydrazine groups is 1. The highest BCUT2D eigenvalue weighted by Gasteiger charge is 2.25. The third-order valence-electron chi connectivity index (χ3n) is 2.81. The first-order chi connectivity index (χ1) is 10.0. The van der Waals surface area contributed by atoms with Crippen LogP contribution in [0.25, 0.3) is 0 Å². The number of nitro groups is 1. The molecule has 0 saturated heterocycles. The van der Waals surface area contributed by atoms with Crippen molar-refractivity contribution < 1.29 is 9.72 Å². The van der Waals surface area contributed by atoms with Crippen LogP contribution in [0.5, 0.6) is 0 Å². The smallest absolute Gasteiger partial charge is 0.306 e. The molecule has 10 nitrogen and oxygen atoms in total. The number of nitrogen functional groups attached to an aromatic ring is 1. The fourth-order valence-corrected chi connectivity index (χ4v) is 1.81. The second-order valence-electron chi connectivity index (χ2n) is 4.17. The summed E-state index contributed by atoms with van der Waals surface area (Å²) in [7, 11) is 0. The van der Waals surface area contributed by atoms with Crippen LogP contribution < -0.4 is 16.6 Å². The number of hydrogen-bond acceptors (Lipinski definition) is 7. The molecule has 1 aromatic heterocycles. The second-order valence-corrected chi connectivity index (χ2v) is 4.17. The number of amides is 1. The maximum Gasteiger partial charge on any atom is 0.306 e. The van der Waals surface area contributed by atoms with Crippen molar-refractivity contribution in [2.75, 3.05) is 5.43 Å². The van der Waals surface area contributed by atoms with Crippen LogP contribution in [0.15, 0.2) is 24.5 Å². The van der Waals surface area contributed by atoms with E-state index in [2.05, 4.69) is 25.9 Å². The highest BCUT2D eigenvalue weighted by atomic mass is 16.6.